The van der Waals surface area contributed by atoms with Gasteiger partial charge in [-0.3, -0.25) is 4.98 Å². The molecular weight excluding hydrogens is 339 g/mol. The van der Waals surface area contributed by atoms with Crippen molar-refractivity contribution in [3.63, 3.8) is 0 Å². The number of thioether (sulfide) groups is 1. The number of halogens is 2. The van der Waals surface area contributed by atoms with E-state index in [0.29, 0.717) is 21.7 Å². The largest absolute Gasteiger partial charge is 0.309 e. The molecule has 0 saturated carbocycles. The molecule has 7 heteroatoms. The zero-order valence-electron chi connectivity index (χ0n) is 11.9. The molecule has 3 rings (SSSR count). The summed E-state index contributed by atoms with van der Waals surface area (Å²) in [5, 5.41) is 9.68. The quantitative estimate of drug-likeness (QED) is 0.648. The van der Waals surface area contributed by atoms with Gasteiger partial charge in [0.05, 0.1) is 5.02 Å². The Morgan fingerprint density at radius 3 is 2.59 bits per heavy atom. The maximum atomic E-state index is 6.26. The van der Waals surface area contributed by atoms with Crippen molar-refractivity contribution in [2.24, 2.45) is 7.05 Å². The molecule has 0 aliphatic carbocycles. The maximum Gasteiger partial charge on any atom is 0.183 e. The van der Waals surface area contributed by atoms with Gasteiger partial charge in [0.25, 0.3) is 0 Å². The Morgan fingerprint density at radius 2 is 1.86 bits per heavy atom. The first-order valence-electron chi connectivity index (χ1n) is 6.46. The highest BCUT2D eigenvalue weighted by atomic mass is 35.5. The lowest BCUT2D eigenvalue weighted by atomic mass is 10.2. The normalized spacial score (nSPS) is 10.9. The second kappa shape index (κ2) is 6.28. The second-order valence-electron chi connectivity index (χ2n) is 4.58. The monoisotopic (exact) mass is 350 g/mol. The molecule has 0 bridgehead atoms. The van der Waals surface area contributed by atoms with Gasteiger partial charge in [-0.2, -0.15) is 0 Å². The summed E-state index contributed by atoms with van der Waals surface area (Å²) >= 11 is 13.8. The first kappa shape index (κ1) is 15.3. The lowest BCUT2D eigenvalue weighted by molar-refractivity contribution is 0.918. The number of hydrogen-bond acceptors (Lipinski definition) is 4. The fraction of sp³-hybridized carbons (Fsp3) is 0.133. The number of rotatable bonds is 3. The molecule has 112 valence electrons. The molecule has 0 N–H and O–H groups in total. The van der Waals surface area contributed by atoms with Crippen molar-refractivity contribution in [2.45, 2.75) is 4.90 Å². The lowest BCUT2D eigenvalue weighted by Gasteiger charge is -2.07. The Balaban J connectivity index is 2.13. The standard InChI is InChI=1S/C15H12Cl2N4S/c1-21-14(10-6-5-9(16)8-11(10)17)19-20-15(21)13-12(22-2)4-3-7-18-13/h3-8H,1-2H3. The van der Waals surface area contributed by atoms with Gasteiger partial charge in [-0.1, -0.05) is 23.2 Å². The van der Waals surface area contributed by atoms with Gasteiger partial charge in [0.2, 0.25) is 0 Å². The van der Waals surface area contributed by atoms with Crippen LogP contribution in [0, 0.1) is 0 Å². The van der Waals surface area contributed by atoms with Crippen molar-refractivity contribution < 1.29 is 0 Å². The van der Waals surface area contributed by atoms with Crippen LogP contribution in [0.3, 0.4) is 0 Å². The smallest absolute Gasteiger partial charge is 0.183 e. The number of benzene rings is 1. The van der Waals surface area contributed by atoms with Crippen LogP contribution in [-0.2, 0) is 7.05 Å². The molecule has 0 saturated heterocycles. The van der Waals surface area contributed by atoms with Crippen LogP contribution in [0.1, 0.15) is 0 Å². The van der Waals surface area contributed by atoms with E-state index in [-0.39, 0.29) is 0 Å². The van der Waals surface area contributed by atoms with E-state index in [4.69, 9.17) is 23.2 Å². The van der Waals surface area contributed by atoms with Gasteiger partial charge < -0.3 is 4.57 Å². The fourth-order valence-electron chi connectivity index (χ4n) is 2.16. The molecule has 3 aromatic rings. The van der Waals surface area contributed by atoms with E-state index in [2.05, 4.69) is 15.2 Å². The van der Waals surface area contributed by atoms with E-state index >= 15 is 0 Å². The highest BCUT2D eigenvalue weighted by Crippen LogP contribution is 2.32. The molecule has 0 spiro atoms. The van der Waals surface area contributed by atoms with E-state index in [1.165, 1.54) is 0 Å². The number of hydrogen-bond donors (Lipinski definition) is 0. The molecule has 2 aromatic heterocycles. The lowest BCUT2D eigenvalue weighted by Crippen LogP contribution is -1.98. The average Bonchev–Trinajstić information content (AvgIpc) is 2.89. The number of pyridine rings is 1. The summed E-state index contributed by atoms with van der Waals surface area (Å²) < 4.78 is 1.89. The summed E-state index contributed by atoms with van der Waals surface area (Å²) in [6, 6.07) is 9.23. The Hall–Kier alpha value is -1.56. The molecule has 0 radical (unpaired) electrons. The van der Waals surface area contributed by atoms with Crippen molar-refractivity contribution in [3.05, 3.63) is 46.6 Å². The van der Waals surface area contributed by atoms with Gasteiger partial charge >= 0.3 is 0 Å². The zero-order chi connectivity index (χ0) is 15.7. The third kappa shape index (κ3) is 2.72. The van der Waals surface area contributed by atoms with Crippen LogP contribution >= 0.6 is 35.0 Å². The van der Waals surface area contributed by atoms with Crippen LogP contribution < -0.4 is 0 Å². The highest BCUT2D eigenvalue weighted by molar-refractivity contribution is 7.98. The van der Waals surface area contributed by atoms with Crippen LogP contribution in [0.5, 0.6) is 0 Å². The van der Waals surface area contributed by atoms with Crippen molar-refractivity contribution >= 4 is 35.0 Å². The number of nitrogens with zero attached hydrogens (tertiary/aromatic N) is 4. The van der Waals surface area contributed by atoms with Crippen molar-refractivity contribution in [3.8, 4) is 22.9 Å². The van der Waals surface area contributed by atoms with Gasteiger partial charge in [-0.15, -0.1) is 22.0 Å². The Labute approximate surface area is 142 Å². The summed E-state index contributed by atoms with van der Waals surface area (Å²) in [6.07, 6.45) is 3.76. The molecule has 22 heavy (non-hydrogen) atoms. The molecule has 1 aromatic carbocycles. The maximum absolute atomic E-state index is 6.26. The van der Waals surface area contributed by atoms with Crippen LogP contribution in [0.25, 0.3) is 22.9 Å². The molecular formula is C15H12Cl2N4S. The molecule has 0 aliphatic heterocycles. The van der Waals surface area contributed by atoms with Gasteiger partial charge in [-0.25, -0.2) is 0 Å². The third-order valence-corrected chi connectivity index (χ3v) is 4.57. The van der Waals surface area contributed by atoms with Crippen LogP contribution in [0.4, 0.5) is 0 Å². The predicted octanol–water partition coefficient (Wildman–Crippen LogP) is 4.57. The minimum atomic E-state index is 0.542. The third-order valence-electron chi connectivity index (χ3n) is 3.25. The predicted molar refractivity (Wildman–Crippen MR) is 91.5 cm³/mol. The average molecular weight is 351 g/mol. The zero-order valence-corrected chi connectivity index (χ0v) is 14.2. The summed E-state index contributed by atoms with van der Waals surface area (Å²) in [4.78, 5) is 5.47. The Kier molecular flexibility index (Phi) is 4.38. The molecule has 2 heterocycles. The SMILES string of the molecule is CSc1cccnc1-c1nnc(-c2ccc(Cl)cc2Cl)n1C. The summed E-state index contributed by atoms with van der Waals surface area (Å²) in [5.74, 6) is 1.38. The van der Waals surface area contributed by atoms with Gasteiger partial charge in [-0.05, 0) is 36.6 Å². The fourth-order valence-corrected chi connectivity index (χ4v) is 3.21. The molecule has 0 aliphatic rings. The summed E-state index contributed by atoms with van der Waals surface area (Å²) in [5.41, 5.74) is 1.59. The summed E-state index contributed by atoms with van der Waals surface area (Å²) in [7, 11) is 1.90. The summed E-state index contributed by atoms with van der Waals surface area (Å²) in [6.45, 7) is 0. The van der Waals surface area contributed by atoms with Crippen LogP contribution in [0.2, 0.25) is 10.0 Å². The van der Waals surface area contributed by atoms with E-state index in [1.54, 1.807) is 30.1 Å². The number of aromatic nitrogens is 4. The Bertz CT molecular complexity index is 832. The minimum Gasteiger partial charge on any atom is -0.309 e. The molecule has 4 nitrogen and oxygen atoms in total. The van der Waals surface area contributed by atoms with Crippen molar-refractivity contribution in [2.75, 3.05) is 6.26 Å². The molecule has 0 amide bonds. The Morgan fingerprint density at radius 1 is 1.09 bits per heavy atom. The van der Waals surface area contributed by atoms with Gasteiger partial charge in [0.1, 0.15) is 5.69 Å². The van der Waals surface area contributed by atoms with E-state index < -0.39 is 0 Å². The van der Waals surface area contributed by atoms with Crippen LogP contribution in [-0.4, -0.2) is 26.0 Å². The highest BCUT2D eigenvalue weighted by Gasteiger charge is 2.17. The van der Waals surface area contributed by atoms with Crippen molar-refractivity contribution in [1.82, 2.24) is 19.7 Å². The van der Waals surface area contributed by atoms with E-state index in [1.807, 2.05) is 36.1 Å². The first-order chi connectivity index (χ1) is 10.6. The molecule has 0 unspecified atom stereocenters. The second-order valence-corrected chi connectivity index (χ2v) is 6.28. The minimum absolute atomic E-state index is 0.542. The first-order valence-corrected chi connectivity index (χ1v) is 8.44. The van der Waals surface area contributed by atoms with Gasteiger partial charge in [0, 0.05) is 28.7 Å². The molecule has 0 atom stereocenters. The van der Waals surface area contributed by atoms with Gasteiger partial charge in [0.15, 0.2) is 11.6 Å². The molecule has 0 fully saturated rings. The van der Waals surface area contributed by atoms with Crippen molar-refractivity contribution in [1.29, 1.82) is 0 Å². The van der Waals surface area contributed by atoms with E-state index in [0.717, 1.165) is 16.2 Å². The van der Waals surface area contributed by atoms with E-state index in [9.17, 15) is 0 Å². The topological polar surface area (TPSA) is 43.6 Å². The van der Waals surface area contributed by atoms with Crippen LogP contribution in [0.15, 0.2) is 41.4 Å².